The second-order valence-corrected chi connectivity index (χ2v) is 6.72. The molecule has 0 bridgehead atoms. The molecule has 0 saturated carbocycles. The molecule has 0 spiro atoms. The largest absolute Gasteiger partial charge is 0.459 e. The number of rotatable bonds is 5. The summed E-state index contributed by atoms with van der Waals surface area (Å²) in [6.45, 7) is 0.420. The van der Waals surface area contributed by atoms with Gasteiger partial charge in [-0.2, -0.15) is 18.3 Å². The van der Waals surface area contributed by atoms with E-state index in [1.165, 1.54) is 16.8 Å². The van der Waals surface area contributed by atoms with Crippen molar-refractivity contribution < 1.29 is 17.6 Å². The number of benzene rings is 2. The van der Waals surface area contributed by atoms with Gasteiger partial charge in [0.05, 0.1) is 40.9 Å². The lowest BCUT2D eigenvalue weighted by Crippen LogP contribution is -2.05. The summed E-state index contributed by atoms with van der Waals surface area (Å²) < 4.78 is 45.3. The Morgan fingerprint density at radius 3 is 2.48 bits per heavy atom. The third-order valence-corrected chi connectivity index (χ3v) is 4.64. The van der Waals surface area contributed by atoms with Crippen LogP contribution in [-0.4, -0.2) is 9.78 Å². The molecule has 4 aromatic rings. The van der Waals surface area contributed by atoms with Crippen LogP contribution in [0.2, 0.25) is 5.02 Å². The Morgan fingerprint density at radius 1 is 1.00 bits per heavy atom. The molecule has 1 N–H and O–H groups in total. The molecule has 0 unspecified atom stereocenters. The van der Waals surface area contributed by atoms with Crippen molar-refractivity contribution in [3.05, 3.63) is 89.4 Å². The minimum atomic E-state index is -4.36. The zero-order valence-electron chi connectivity index (χ0n) is 14.9. The standard InChI is InChI=1S/C21H15ClF3N3O/c22-19-4-2-1-3-18(19)20-10-9-17(29-20)12-26-15-11-27-28(13-15)16-7-5-14(6-8-16)21(23,24)25/h1-11,13,26H,12H2. The molecule has 0 aliphatic rings. The number of hydrogen-bond donors (Lipinski definition) is 1. The molecule has 0 radical (unpaired) electrons. The molecule has 0 aliphatic heterocycles. The molecule has 29 heavy (non-hydrogen) atoms. The zero-order chi connectivity index (χ0) is 20.4. The Labute approximate surface area is 169 Å². The Hall–Kier alpha value is -3.19. The van der Waals surface area contributed by atoms with Gasteiger partial charge in [0, 0.05) is 5.56 Å². The Balaban J connectivity index is 1.42. The number of aromatic nitrogens is 2. The lowest BCUT2D eigenvalue weighted by molar-refractivity contribution is -0.137. The monoisotopic (exact) mass is 417 g/mol. The predicted octanol–water partition coefficient (Wildman–Crippen LogP) is 6.42. The van der Waals surface area contributed by atoms with E-state index < -0.39 is 11.7 Å². The molecule has 148 valence electrons. The molecule has 0 fully saturated rings. The van der Waals surface area contributed by atoms with E-state index in [9.17, 15) is 13.2 Å². The number of furan rings is 1. The van der Waals surface area contributed by atoms with Gasteiger partial charge >= 0.3 is 6.18 Å². The lowest BCUT2D eigenvalue weighted by atomic mass is 10.2. The van der Waals surface area contributed by atoms with Crippen LogP contribution in [-0.2, 0) is 12.7 Å². The van der Waals surface area contributed by atoms with Crippen LogP contribution >= 0.6 is 11.6 Å². The Kier molecular flexibility index (Phi) is 5.07. The van der Waals surface area contributed by atoms with Crippen molar-refractivity contribution in [3.63, 3.8) is 0 Å². The number of alkyl halides is 3. The molecule has 4 nitrogen and oxygen atoms in total. The quantitative estimate of drug-likeness (QED) is 0.407. The number of anilines is 1. The normalized spacial score (nSPS) is 11.6. The summed E-state index contributed by atoms with van der Waals surface area (Å²) in [6.07, 6.45) is -1.07. The molecule has 0 saturated heterocycles. The van der Waals surface area contributed by atoms with Gasteiger partial charge in [0.2, 0.25) is 0 Å². The molecule has 2 heterocycles. The van der Waals surface area contributed by atoms with Gasteiger partial charge < -0.3 is 9.73 Å². The van der Waals surface area contributed by atoms with Crippen molar-refractivity contribution in [2.75, 3.05) is 5.32 Å². The van der Waals surface area contributed by atoms with Gasteiger partial charge in [-0.1, -0.05) is 23.7 Å². The minimum absolute atomic E-state index is 0.420. The van der Waals surface area contributed by atoms with E-state index in [1.54, 1.807) is 18.5 Å². The first-order valence-electron chi connectivity index (χ1n) is 8.70. The summed E-state index contributed by atoms with van der Waals surface area (Å²) in [5, 5.41) is 7.97. The smallest absolute Gasteiger partial charge is 0.416 e. The highest BCUT2D eigenvalue weighted by Gasteiger charge is 2.30. The summed E-state index contributed by atoms with van der Waals surface area (Å²) >= 11 is 6.19. The Morgan fingerprint density at radius 2 is 1.76 bits per heavy atom. The van der Waals surface area contributed by atoms with Crippen molar-refractivity contribution in [1.82, 2.24) is 9.78 Å². The average Bonchev–Trinajstić information content (AvgIpc) is 3.36. The van der Waals surface area contributed by atoms with Crippen LogP contribution in [0, 0.1) is 0 Å². The maximum Gasteiger partial charge on any atom is 0.416 e. The minimum Gasteiger partial charge on any atom is -0.459 e. The van der Waals surface area contributed by atoms with E-state index in [-0.39, 0.29) is 0 Å². The fourth-order valence-electron chi connectivity index (χ4n) is 2.83. The van der Waals surface area contributed by atoms with Crippen molar-refractivity contribution >= 4 is 17.3 Å². The first-order valence-corrected chi connectivity index (χ1v) is 9.08. The summed E-state index contributed by atoms with van der Waals surface area (Å²) in [7, 11) is 0. The topological polar surface area (TPSA) is 43.0 Å². The van der Waals surface area contributed by atoms with Crippen molar-refractivity contribution in [2.24, 2.45) is 0 Å². The van der Waals surface area contributed by atoms with Crippen LogP contribution in [0.5, 0.6) is 0 Å². The summed E-state index contributed by atoms with van der Waals surface area (Å²) in [5.74, 6) is 1.38. The molecule has 2 aromatic heterocycles. The summed E-state index contributed by atoms with van der Waals surface area (Å²) in [4.78, 5) is 0. The number of halogens is 4. The van der Waals surface area contributed by atoms with Crippen LogP contribution < -0.4 is 5.32 Å². The van der Waals surface area contributed by atoms with Crippen molar-refractivity contribution in [1.29, 1.82) is 0 Å². The molecular weight excluding hydrogens is 403 g/mol. The zero-order valence-corrected chi connectivity index (χ0v) is 15.7. The molecule has 2 aromatic carbocycles. The first kappa shape index (κ1) is 19.1. The van der Waals surface area contributed by atoms with Gasteiger partial charge in [0.15, 0.2) is 0 Å². The third kappa shape index (κ3) is 4.30. The van der Waals surface area contributed by atoms with Crippen molar-refractivity contribution in [3.8, 4) is 17.0 Å². The van der Waals surface area contributed by atoms with Crippen LogP contribution in [0.4, 0.5) is 18.9 Å². The van der Waals surface area contributed by atoms with Crippen LogP contribution in [0.25, 0.3) is 17.0 Å². The summed E-state index contributed by atoms with van der Waals surface area (Å²) in [6, 6.07) is 15.9. The first-order chi connectivity index (χ1) is 13.9. The molecular formula is C21H15ClF3N3O. The highest BCUT2D eigenvalue weighted by molar-refractivity contribution is 6.33. The second-order valence-electron chi connectivity index (χ2n) is 6.32. The molecule has 8 heteroatoms. The number of hydrogen-bond acceptors (Lipinski definition) is 3. The lowest BCUT2D eigenvalue weighted by Gasteiger charge is -2.07. The van der Waals surface area contributed by atoms with E-state index in [2.05, 4.69) is 10.4 Å². The molecule has 0 atom stereocenters. The van der Waals surface area contributed by atoms with Crippen molar-refractivity contribution in [2.45, 2.75) is 12.7 Å². The van der Waals surface area contributed by atoms with Gasteiger partial charge in [-0.25, -0.2) is 4.68 Å². The maximum absolute atomic E-state index is 12.7. The molecule has 0 aliphatic carbocycles. The van der Waals surface area contributed by atoms with E-state index in [1.807, 2.05) is 30.3 Å². The third-order valence-electron chi connectivity index (χ3n) is 4.31. The van der Waals surface area contributed by atoms with Crippen LogP contribution in [0.3, 0.4) is 0 Å². The fraction of sp³-hybridized carbons (Fsp3) is 0.0952. The van der Waals surface area contributed by atoms with Gasteiger partial charge in [0.1, 0.15) is 11.5 Å². The van der Waals surface area contributed by atoms with E-state index >= 15 is 0 Å². The molecule has 0 amide bonds. The van der Waals surface area contributed by atoms with E-state index in [4.69, 9.17) is 16.0 Å². The SMILES string of the molecule is FC(F)(F)c1ccc(-n2cc(NCc3ccc(-c4ccccc4Cl)o3)cn2)cc1. The van der Waals surface area contributed by atoms with Crippen LogP contribution in [0.15, 0.2) is 77.5 Å². The summed E-state index contributed by atoms with van der Waals surface area (Å²) in [5.41, 5.74) is 1.36. The second kappa shape index (κ2) is 7.67. The fourth-order valence-corrected chi connectivity index (χ4v) is 3.06. The predicted molar refractivity (Wildman–Crippen MR) is 105 cm³/mol. The van der Waals surface area contributed by atoms with Gasteiger partial charge in [-0.15, -0.1) is 0 Å². The number of nitrogens with one attached hydrogen (secondary N) is 1. The van der Waals surface area contributed by atoms with Gasteiger partial charge in [0.25, 0.3) is 0 Å². The van der Waals surface area contributed by atoms with Crippen LogP contribution in [0.1, 0.15) is 11.3 Å². The van der Waals surface area contributed by atoms with E-state index in [0.29, 0.717) is 34.5 Å². The van der Waals surface area contributed by atoms with Gasteiger partial charge in [-0.3, -0.25) is 0 Å². The van der Waals surface area contributed by atoms with Gasteiger partial charge in [-0.05, 0) is 48.5 Å². The van der Waals surface area contributed by atoms with E-state index in [0.717, 1.165) is 17.7 Å². The number of nitrogens with zero attached hydrogens (tertiary/aromatic N) is 2. The maximum atomic E-state index is 12.7. The molecule has 4 rings (SSSR count). The average molecular weight is 418 g/mol. The highest BCUT2D eigenvalue weighted by atomic mass is 35.5. The Bertz CT molecular complexity index is 1120. The highest BCUT2D eigenvalue weighted by Crippen LogP contribution is 2.30.